The first kappa shape index (κ1) is 18.3. The lowest BCUT2D eigenvalue weighted by atomic mass is 10.1. The molecule has 0 radical (unpaired) electrons. The molecule has 2 aromatic carbocycles. The Kier molecular flexibility index (Phi) is 5.28. The third kappa shape index (κ3) is 3.85. The SMILES string of the molecule is COc1ccc(-n2c(C)cc(C(=O)Nc3ccc(CC#N)cc3)c2C)cc1. The highest BCUT2D eigenvalue weighted by atomic mass is 16.5. The Morgan fingerprint density at radius 1 is 1.11 bits per heavy atom. The zero-order valence-electron chi connectivity index (χ0n) is 15.6. The minimum atomic E-state index is -0.157. The number of hydrogen-bond acceptors (Lipinski definition) is 3. The molecule has 0 aliphatic rings. The number of carbonyl (C=O) groups excluding carboxylic acids is 1. The van der Waals surface area contributed by atoms with Crippen LogP contribution < -0.4 is 10.1 Å². The summed E-state index contributed by atoms with van der Waals surface area (Å²) in [6.07, 6.45) is 0.358. The summed E-state index contributed by atoms with van der Waals surface area (Å²) in [5.74, 6) is 0.634. The number of amides is 1. The number of nitrogens with zero attached hydrogens (tertiary/aromatic N) is 2. The van der Waals surface area contributed by atoms with Crippen LogP contribution in [0.2, 0.25) is 0 Å². The largest absolute Gasteiger partial charge is 0.497 e. The van der Waals surface area contributed by atoms with Gasteiger partial charge in [-0.3, -0.25) is 4.79 Å². The fourth-order valence-electron chi connectivity index (χ4n) is 3.12. The number of methoxy groups -OCH3 is 1. The van der Waals surface area contributed by atoms with E-state index in [-0.39, 0.29) is 5.91 Å². The maximum absolute atomic E-state index is 12.7. The van der Waals surface area contributed by atoms with E-state index in [0.29, 0.717) is 17.7 Å². The smallest absolute Gasteiger partial charge is 0.257 e. The first-order valence-electron chi connectivity index (χ1n) is 8.64. The molecule has 0 aliphatic heterocycles. The Balaban J connectivity index is 1.84. The molecule has 5 heteroatoms. The summed E-state index contributed by atoms with van der Waals surface area (Å²) in [4.78, 5) is 12.7. The molecule has 1 aromatic heterocycles. The minimum Gasteiger partial charge on any atom is -0.497 e. The highest BCUT2D eigenvalue weighted by Crippen LogP contribution is 2.23. The second-order valence-electron chi connectivity index (χ2n) is 6.30. The molecule has 1 heterocycles. The number of anilines is 1. The van der Waals surface area contributed by atoms with E-state index in [1.165, 1.54) is 0 Å². The number of carbonyl (C=O) groups is 1. The second-order valence-corrected chi connectivity index (χ2v) is 6.30. The Bertz CT molecular complexity index is 994. The van der Waals surface area contributed by atoms with Crippen molar-refractivity contribution in [1.82, 2.24) is 4.57 Å². The fourth-order valence-corrected chi connectivity index (χ4v) is 3.12. The monoisotopic (exact) mass is 359 g/mol. The Hall–Kier alpha value is -3.52. The van der Waals surface area contributed by atoms with Gasteiger partial charge >= 0.3 is 0 Å². The number of aryl methyl sites for hydroxylation is 1. The molecule has 0 fully saturated rings. The van der Waals surface area contributed by atoms with Gasteiger partial charge in [0, 0.05) is 22.8 Å². The molecule has 5 nitrogen and oxygen atoms in total. The average molecular weight is 359 g/mol. The predicted molar refractivity (Wildman–Crippen MR) is 106 cm³/mol. The molecule has 0 unspecified atom stereocenters. The number of nitriles is 1. The molecule has 136 valence electrons. The van der Waals surface area contributed by atoms with Gasteiger partial charge in [0.05, 0.1) is 25.2 Å². The Morgan fingerprint density at radius 2 is 1.78 bits per heavy atom. The van der Waals surface area contributed by atoms with Crippen molar-refractivity contribution >= 4 is 11.6 Å². The van der Waals surface area contributed by atoms with E-state index in [0.717, 1.165) is 28.4 Å². The molecule has 0 aliphatic carbocycles. The molecule has 1 amide bonds. The van der Waals surface area contributed by atoms with Gasteiger partial charge in [-0.15, -0.1) is 0 Å². The first-order chi connectivity index (χ1) is 13.0. The van der Waals surface area contributed by atoms with Gasteiger partial charge in [-0.2, -0.15) is 5.26 Å². The number of rotatable bonds is 5. The highest BCUT2D eigenvalue weighted by molar-refractivity contribution is 6.05. The van der Waals surface area contributed by atoms with E-state index >= 15 is 0 Å². The minimum absolute atomic E-state index is 0.157. The van der Waals surface area contributed by atoms with Gasteiger partial charge < -0.3 is 14.6 Å². The lowest BCUT2D eigenvalue weighted by Crippen LogP contribution is -2.13. The van der Waals surface area contributed by atoms with Crippen molar-refractivity contribution in [2.45, 2.75) is 20.3 Å². The van der Waals surface area contributed by atoms with Crippen LogP contribution in [0, 0.1) is 25.2 Å². The van der Waals surface area contributed by atoms with Crippen molar-refractivity contribution in [3.8, 4) is 17.5 Å². The highest BCUT2D eigenvalue weighted by Gasteiger charge is 2.17. The third-order valence-electron chi connectivity index (χ3n) is 4.50. The quantitative estimate of drug-likeness (QED) is 0.733. The maximum Gasteiger partial charge on any atom is 0.257 e. The van der Waals surface area contributed by atoms with Gasteiger partial charge in [0.2, 0.25) is 0 Å². The van der Waals surface area contributed by atoms with Crippen LogP contribution in [0.1, 0.15) is 27.3 Å². The van der Waals surface area contributed by atoms with E-state index < -0.39 is 0 Å². The van der Waals surface area contributed by atoms with Gasteiger partial charge in [0.25, 0.3) is 5.91 Å². The van der Waals surface area contributed by atoms with Crippen LogP contribution in [0.15, 0.2) is 54.6 Å². The zero-order chi connectivity index (χ0) is 19.4. The summed E-state index contributed by atoms with van der Waals surface area (Å²) in [5, 5.41) is 11.7. The van der Waals surface area contributed by atoms with Crippen molar-refractivity contribution in [2.75, 3.05) is 12.4 Å². The zero-order valence-corrected chi connectivity index (χ0v) is 15.6. The van der Waals surface area contributed by atoms with Gasteiger partial charge in [-0.05, 0) is 61.9 Å². The Morgan fingerprint density at radius 3 is 2.37 bits per heavy atom. The molecular weight excluding hydrogens is 338 g/mol. The lowest BCUT2D eigenvalue weighted by Gasteiger charge is -2.11. The number of nitrogens with one attached hydrogen (secondary N) is 1. The normalized spacial score (nSPS) is 10.3. The van der Waals surface area contributed by atoms with E-state index in [1.807, 2.05) is 73.0 Å². The maximum atomic E-state index is 12.7. The molecule has 1 N–H and O–H groups in total. The summed E-state index contributed by atoms with van der Waals surface area (Å²) >= 11 is 0. The number of ether oxygens (including phenoxy) is 1. The molecular formula is C22H21N3O2. The molecule has 27 heavy (non-hydrogen) atoms. The van der Waals surface area contributed by atoms with Crippen molar-refractivity contribution < 1.29 is 9.53 Å². The van der Waals surface area contributed by atoms with Crippen LogP contribution >= 0.6 is 0 Å². The van der Waals surface area contributed by atoms with Crippen molar-refractivity contribution in [3.63, 3.8) is 0 Å². The first-order valence-corrected chi connectivity index (χ1v) is 8.64. The predicted octanol–water partition coefficient (Wildman–Crippen LogP) is 4.42. The summed E-state index contributed by atoms with van der Waals surface area (Å²) in [6.45, 7) is 3.91. The van der Waals surface area contributed by atoms with Crippen molar-refractivity contribution in [3.05, 3.63) is 77.1 Å². The van der Waals surface area contributed by atoms with Crippen LogP contribution in [0.5, 0.6) is 5.75 Å². The summed E-state index contributed by atoms with van der Waals surface area (Å²) < 4.78 is 7.25. The molecule has 0 bridgehead atoms. The summed E-state index contributed by atoms with van der Waals surface area (Å²) in [7, 11) is 1.64. The van der Waals surface area contributed by atoms with E-state index in [2.05, 4.69) is 11.4 Å². The fraction of sp³-hybridized carbons (Fsp3) is 0.182. The second kappa shape index (κ2) is 7.79. The molecule has 0 atom stereocenters. The third-order valence-corrected chi connectivity index (χ3v) is 4.50. The van der Waals surface area contributed by atoms with E-state index in [9.17, 15) is 4.79 Å². The molecule has 3 aromatic rings. The molecule has 0 saturated heterocycles. The van der Waals surface area contributed by atoms with Crippen LogP contribution in [0.25, 0.3) is 5.69 Å². The lowest BCUT2D eigenvalue weighted by molar-refractivity contribution is 0.102. The topological polar surface area (TPSA) is 67.0 Å². The van der Waals surface area contributed by atoms with Crippen molar-refractivity contribution in [1.29, 1.82) is 5.26 Å². The van der Waals surface area contributed by atoms with E-state index in [1.54, 1.807) is 7.11 Å². The van der Waals surface area contributed by atoms with Gasteiger partial charge in [-0.25, -0.2) is 0 Å². The van der Waals surface area contributed by atoms with Crippen molar-refractivity contribution in [2.24, 2.45) is 0 Å². The van der Waals surface area contributed by atoms with Crippen LogP contribution in [0.4, 0.5) is 5.69 Å². The van der Waals surface area contributed by atoms with Gasteiger partial charge in [0.1, 0.15) is 5.75 Å². The number of benzene rings is 2. The summed E-state index contributed by atoms with van der Waals surface area (Å²) in [5.41, 5.74) is 5.09. The van der Waals surface area contributed by atoms with Gasteiger partial charge in [-0.1, -0.05) is 12.1 Å². The van der Waals surface area contributed by atoms with Crippen LogP contribution in [-0.4, -0.2) is 17.6 Å². The molecule has 0 saturated carbocycles. The van der Waals surface area contributed by atoms with Gasteiger partial charge in [0.15, 0.2) is 0 Å². The van der Waals surface area contributed by atoms with Crippen LogP contribution in [0.3, 0.4) is 0 Å². The number of aromatic nitrogens is 1. The van der Waals surface area contributed by atoms with E-state index in [4.69, 9.17) is 10.00 Å². The molecule has 0 spiro atoms. The summed E-state index contributed by atoms with van der Waals surface area (Å²) in [6, 6.07) is 19.1. The standard InChI is InChI=1S/C22H21N3O2/c1-15-14-21(16(2)25(15)19-8-10-20(27-3)11-9-19)22(26)24-18-6-4-17(5-7-18)12-13-23/h4-11,14H,12H2,1-3H3,(H,24,26). The van der Waals surface area contributed by atoms with Crippen LogP contribution in [-0.2, 0) is 6.42 Å². The Labute approximate surface area is 158 Å². The average Bonchev–Trinajstić information content (AvgIpc) is 2.98. The molecule has 3 rings (SSSR count). The number of hydrogen-bond donors (Lipinski definition) is 1.